The number of sulfonamides is 2. The van der Waals surface area contributed by atoms with Crippen molar-refractivity contribution in [1.29, 1.82) is 0 Å². The lowest BCUT2D eigenvalue weighted by molar-refractivity contribution is -0.138. The predicted octanol–water partition coefficient (Wildman–Crippen LogP) is 10.3. The summed E-state index contributed by atoms with van der Waals surface area (Å²) in [6, 6.07) is 19.9. The van der Waals surface area contributed by atoms with Crippen LogP contribution < -0.4 is 18.9 Å². The molecule has 0 amide bonds. The molecule has 12 nitrogen and oxygen atoms in total. The summed E-state index contributed by atoms with van der Waals surface area (Å²) < 4.78 is 147. The first-order chi connectivity index (χ1) is 31.4. The molecule has 8 rings (SSSR count). The highest BCUT2D eigenvalue weighted by Gasteiger charge is 2.35. The molecule has 2 aliphatic heterocycles. The fraction of sp³-hybridized carbons (Fsp3) is 0.304. The Balaban J connectivity index is 0.000000196. The SMILES string of the molecule is CCCc1cc(C(F)(F)F)ccc1[C@@H]1CCOc2cc(S(=O)(=O)Nc3ncccn3)ccc21.CCCc1cc(C(F)(F)F)ccc1[C@H]1CCOc2cc(S(=O)(=O)Nc3ncccn3)ccc21. The second-order valence-electron chi connectivity index (χ2n) is 15.5. The van der Waals surface area contributed by atoms with Crippen molar-refractivity contribution in [2.45, 2.75) is 86.4 Å². The molecule has 66 heavy (non-hydrogen) atoms. The number of fused-ring (bicyclic) bond motifs is 2. The molecule has 6 aromatic rings. The number of hydrogen-bond acceptors (Lipinski definition) is 10. The van der Waals surface area contributed by atoms with Crippen molar-refractivity contribution < 1.29 is 52.7 Å². The largest absolute Gasteiger partial charge is 0.493 e. The molecule has 2 N–H and O–H groups in total. The van der Waals surface area contributed by atoms with E-state index in [9.17, 15) is 43.2 Å². The third-order valence-electron chi connectivity index (χ3n) is 11.0. The second-order valence-corrected chi connectivity index (χ2v) is 18.8. The van der Waals surface area contributed by atoms with Crippen LogP contribution in [0.1, 0.15) is 95.9 Å². The van der Waals surface area contributed by atoms with E-state index in [4.69, 9.17) is 9.47 Å². The van der Waals surface area contributed by atoms with Crippen molar-refractivity contribution >= 4 is 31.9 Å². The van der Waals surface area contributed by atoms with E-state index >= 15 is 0 Å². The van der Waals surface area contributed by atoms with Crippen LogP contribution in [0.2, 0.25) is 0 Å². The molecular formula is C46H44F6N6O6S2. The smallest absolute Gasteiger partial charge is 0.416 e. The maximum Gasteiger partial charge on any atom is 0.416 e. The Kier molecular flexibility index (Phi) is 14.2. The first-order valence-electron chi connectivity index (χ1n) is 20.9. The zero-order valence-corrected chi connectivity index (χ0v) is 37.2. The van der Waals surface area contributed by atoms with Gasteiger partial charge in [-0.2, -0.15) is 26.3 Å². The van der Waals surface area contributed by atoms with Crippen LogP contribution in [0, 0.1) is 0 Å². The fourth-order valence-electron chi connectivity index (χ4n) is 8.00. The molecule has 20 heteroatoms. The lowest BCUT2D eigenvalue weighted by atomic mass is 9.82. The highest BCUT2D eigenvalue weighted by atomic mass is 32.2. The zero-order chi connectivity index (χ0) is 47.3. The Labute approximate surface area is 378 Å². The molecule has 0 unspecified atom stereocenters. The highest BCUT2D eigenvalue weighted by molar-refractivity contribution is 7.93. The normalized spacial score (nSPS) is 16.1. The monoisotopic (exact) mass is 954 g/mol. The van der Waals surface area contributed by atoms with Crippen molar-refractivity contribution in [1.82, 2.24) is 19.9 Å². The summed E-state index contributed by atoms with van der Waals surface area (Å²) in [6.45, 7) is 4.48. The van der Waals surface area contributed by atoms with Crippen LogP contribution in [0.25, 0.3) is 0 Å². The third kappa shape index (κ3) is 11.0. The first-order valence-corrected chi connectivity index (χ1v) is 23.9. The standard InChI is InChI=1S/2C23H22F3N3O3S/c2*1-2-4-15-13-16(23(24,25)26)5-7-18(15)19-9-12-32-21-14-17(6-8-20(19)21)33(30,31)29-22-27-10-3-11-28-22/h2*3,5-8,10-11,13-14,19H,2,4,9,12H2,1H3,(H,27,28,29)/t2*19-/m10/s1. The van der Waals surface area contributed by atoms with Crippen molar-refractivity contribution in [3.63, 3.8) is 0 Å². The number of rotatable bonds is 12. The maximum absolute atomic E-state index is 13.2. The molecule has 0 fully saturated rings. The van der Waals surface area contributed by atoms with Gasteiger partial charge in [-0.15, -0.1) is 0 Å². The Bertz CT molecular complexity index is 2690. The van der Waals surface area contributed by atoms with E-state index in [-0.39, 0.29) is 33.5 Å². The molecule has 4 heterocycles. The van der Waals surface area contributed by atoms with Gasteiger partial charge in [-0.25, -0.2) is 46.2 Å². The number of aryl methyl sites for hydroxylation is 2. The molecule has 4 aromatic carbocycles. The minimum absolute atomic E-state index is 0.0180. The second kappa shape index (κ2) is 19.7. The number of benzene rings is 4. The predicted molar refractivity (Wildman–Crippen MR) is 233 cm³/mol. The summed E-state index contributed by atoms with van der Waals surface area (Å²) >= 11 is 0. The summed E-state index contributed by atoms with van der Waals surface area (Å²) in [5, 5.41) is 0. The number of hydrogen-bond donors (Lipinski definition) is 2. The Morgan fingerprint density at radius 1 is 0.545 bits per heavy atom. The van der Waals surface area contributed by atoms with Crippen molar-refractivity contribution in [3.8, 4) is 11.5 Å². The molecule has 2 aromatic heterocycles. The first kappa shape index (κ1) is 47.7. The number of anilines is 2. The van der Waals surface area contributed by atoms with Crippen LogP contribution in [0.15, 0.2) is 120 Å². The van der Waals surface area contributed by atoms with Crippen LogP contribution >= 0.6 is 0 Å². The van der Waals surface area contributed by atoms with Crippen LogP contribution in [-0.2, 0) is 45.2 Å². The minimum Gasteiger partial charge on any atom is -0.493 e. The van der Waals surface area contributed by atoms with Gasteiger partial charge < -0.3 is 9.47 Å². The van der Waals surface area contributed by atoms with Crippen molar-refractivity contribution in [2.24, 2.45) is 0 Å². The van der Waals surface area contributed by atoms with Crippen molar-refractivity contribution in [2.75, 3.05) is 22.7 Å². The van der Waals surface area contributed by atoms with Crippen molar-refractivity contribution in [3.05, 3.63) is 154 Å². The maximum atomic E-state index is 13.2. The van der Waals surface area contributed by atoms with E-state index < -0.39 is 43.5 Å². The number of alkyl halides is 6. The van der Waals surface area contributed by atoms with E-state index in [0.29, 0.717) is 74.4 Å². The van der Waals surface area contributed by atoms with Gasteiger partial charge in [-0.3, -0.25) is 0 Å². The number of ether oxygens (including phenoxy) is 2. The van der Waals surface area contributed by atoms with Gasteiger partial charge in [0.1, 0.15) is 11.5 Å². The number of nitrogens with zero attached hydrogens (tertiary/aromatic N) is 4. The van der Waals surface area contributed by atoms with Crippen LogP contribution in [-0.4, -0.2) is 50.0 Å². The van der Waals surface area contributed by atoms with Gasteiger partial charge in [0.25, 0.3) is 20.0 Å². The van der Waals surface area contributed by atoms with E-state index in [0.717, 1.165) is 34.4 Å². The summed E-state index contributed by atoms with van der Waals surface area (Å²) in [5.41, 5.74) is 3.05. The molecule has 0 bridgehead atoms. The molecule has 0 saturated carbocycles. The van der Waals surface area contributed by atoms with E-state index in [1.807, 2.05) is 13.8 Å². The van der Waals surface area contributed by atoms with Gasteiger partial charge in [-0.05, 0) is 96.5 Å². The number of halogens is 6. The van der Waals surface area contributed by atoms with E-state index in [1.54, 1.807) is 24.3 Å². The van der Waals surface area contributed by atoms with Gasteiger partial charge in [-0.1, -0.05) is 51.0 Å². The topological polar surface area (TPSA) is 162 Å². The lowest BCUT2D eigenvalue weighted by Gasteiger charge is -2.28. The summed E-state index contributed by atoms with van der Waals surface area (Å²) in [7, 11) is -7.90. The Morgan fingerprint density at radius 3 is 1.26 bits per heavy atom. The average molecular weight is 955 g/mol. The Morgan fingerprint density at radius 2 is 0.909 bits per heavy atom. The average Bonchev–Trinajstić information content (AvgIpc) is 3.28. The summed E-state index contributed by atoms with van der Waals surface area (Å²) in [4.78, 5) is 15.4. The lowest BCUT2D eigenvalue weighted by Crippen LogP contribution is -2.19. The molecular weight excluding hydrogens is 911 g/mol. The van der Waals surface area contributed by atoms with Crippen LogP contribution in [0.5, 0.6) is 11.5 Å². The minimum atomic E-state index is -4.41. The molecule has 348 valence electrons. The number of nitrogens with one attached hydrogen (secondary N) is 2. The molecule has 2 atom stereocenters. The van der Waals surface area contributed by atoms with E-state index in [2.05, 4.69) is 29.4 Å². The quantitative estimate of drug-likeness (QED) is 0.113. The molecule has 2 aliphatic rings. The van der Waals surface area contributed by atoms with Crippen LogP contribution in [0.3, 0.4) is 0 Å². The van der Waals surface area contributed by atoms with Gasteiger partial charge in [0.05, 0.1) is 34.1 Å². The van der Waals surface area contributed by atoms with Crippen LogP contribution in [0.4, 0.5) is 38.2 Å². The highest BCUT2D eigenvalue weighted by Crippen LogP contribution is 2.44. The van der Waals surface area contributed by atoms with Gasteiger partial charge in [0, 0.05) is 59.9 Å². The third-order valence-corrected chi connectivity index (χ3v) is 13.6. The molecule has 0 radical (unpaired) electrons. The number of aromatic nitrogens is 4. The molecule has 0 saturated heterocycles. The Hall–Kier alpha value is -6.28. The fourth-order valence-corrected chi connectivity index (χ4v) is 9.94. The molecule has 0 aliphatic carbocycles. The van der Waals surface area contributed by atoms with E-state index in [1.165, 1.54) is 73.3 Å². The zero-order valence-electron chi connectivity index (χ0n) is 35.5. The summed E-state index contributed by atoms with van der Waals surface area (Å²) in [6.07, 6.45) is 0.455. The van der Waals surface area contributed by atoms with Gasteiger partial charge in [0.2, 0.25) is 11.9 Å². The van der Waals surface area contributed by atoms with Gasteiger partial charge in [0.15, 0.2) is 0 Å². The summed E-state index contributed by atoms with van der Waals surface area (Å²) in [5.74, 6) is 0.293. The molecule has 0 spiro atoms. The van der Waals surface area contributed by atoms with Gasteiger partial charge >= 0.3 is 12.4 Å².